The van der Waals surface area contributed by atoms with E-state index in [2.05, 4.69) is 4.74 Å². The summed E-state index contributed by atoms with van der Waals surface area (Å²) in [5, 5.41) is 8.65. The van der Waals surface area contributed by atoms with Crippen LogP contribution in [0.25, 0.3) is 0 Å². The third kappa shape index (κ3) is 5.84. The lowest BCUT2D eigenvalue weighted by atomic mass is 10.3. The fraction of sp³-hybridized carbons (Fsp3) is 1.00. The molecule has 13 heavy (non-hydrogen) atoms. The van der Waals surface area contributed by atoms with Gasteiger partial charge in [0.2, 0.25) is 0 Å². The summed E-state index contributed by atoms with van der Waals surface area (Å²) in [4.78, 5) is 1.36. The van der Waals surface area contributed by atoms with Crippen LogP contribution >= 0.6 is 0 Å². The summed E-state index contributed by atoms with van der Waals surface area (Å²) in [6.07, 6.45) is -6.82. The quantitative estimate of drug-likeness (QED) is 0.702. The number of halogens is 3. The molecule has 80 valence electrons. The molecule has 0 saturated heterocycles. The van der Waals surface area contributed by atoms with Gasteiger partial charge in [0.25, 0.3) is 0 Å². The Balaban J connectivity index is 3.71. The highest BCUT2D eigenvalue weighted by molar-refractivity contribution is 4.68. The lowest BCUT2D eigenvalue weighted by Crippen LogP contribution is -2.40. The van der Waals surface area contributed by atoms with Crippen molar-refractivity contribution in [2.45, 2.75) is 12.3 Å². The predicted octanol–water partition coefficient (Wildman–Crippen LogP) is 0.488. The first-order valence-electron chi connectivity index (χ1n) is 3.80. The van der Waals surface area contributed by atoms with Crippen molar-refractivity contribution in [1.29, 1.82) is 0 Å². The third-order valence-corrected chi connectivity index (χ3v) is 1.54. The van der Waals surface area contributed by atoms with Gasteiger partial charge in [0.15, 0.2) is 6.10 Å². The molecular weight excluding hydrogens is 187 g/mol. The van der Waals surface area contributed by atoms with Gasteiger partial charge in [-0.3, -0.25) is 0 Å². The van der Waals surface area contributed by atoms with Crippen LogP contribution in [0.2, 0.25) is 0 Å². The molecule has 0 radical (unpaired) electrons. The summed E-state index contributed by atoms with van der Waals surface area (Å²) < 4.78 is 40.1. The van der Waals surface area contributed by atoms with E-state index in [1.165, 1.54) is 19.1 Å². The molecule has 0 aliphatic rings. The molecule has 0 aliphatic carbocycles. The number of hydrogen-bond donors (Lipinski definition) is 1. The van der Waals surface area contributed by atoms with Gasteiger partial charge >= 0.3 is 6.18 Å². The number of nitrogens with zero attached hydrogens (tertiary/aromatic N) is 1. The van der Waals surface area contributed by atoms with Crippen molar-refractivity contribution in [3.05, 3.63) is 0 Å². The first-order valence-corrected chi connectivity index (χ1v) is 3.80. The number of hydrogen-bond acceptors (Lipinski definition) is 3. The molecule has 1 atom stereocenters. The van der Waals surface area contributed by atoms with E-state index in [9.17, 15) is 13.2 Å². The van der Waals surface area contributed by atoms with Gasteiger partial charge in [-0.2, -0.15) is 13.2 Å². The molecule has 0 aromatic heterocycles. The molecule has 6 heteroatoms. The maximum absolute atomic E-state index is 11.8. The lowest BCUT2D eigenvalue weighted by molar-refractivity contribution is -0.207. The van der Waals surface area contributed by atoms with Crippen molar-refractivity contribution in [2.75, 3.05) is 33.9 Å². The largest absolute Gasteiger partial charge is 0.415 e. The van der Waals surface area contributed by atoms with Crippen molar-refractivity contribution < 1.29 is 23.0 Å². The van der Waals surface area contributed by atoms with E-state index in [1.807, 2.05) is 0 Å². The van der Waals surface area contributed by atoms with Crippen molar-refractivity contribution in [2.24, 2.45) is 0 Å². The Morgan fingerprint density at radius 3 is 2.38 bits per heavy atom. The van der Waals surface area contributed by atoms with Crippen LogP contribution in [0.1, 0.15) is 0 Å². The van der Waals surface area contributed by atoms with Crippen LogP contribution < -0.4 is 0 Å². The van der Waals surface area contributed by atoms with Gasteiger partial charge in [0.05, 0.1) is 6.61 Å². The second kappa shape index (κ2) is 5.41. The lowest BCUT2D eigenvalue weighted by Gasteiger charge is -2.21. The molecule has 0 heterocycles. The predicted molar refractivity (Wildman–Crippen MR) is 41.4 cm³/mol. The molecule has 0 bridgehead atoms. The van der Waals surface area contributed by atoms with E-state index < -0.39 is 18.8 Å². The summed E-state index contributed by atoms with van der Waals surface area (Å²) in [6, 6.07) is 0. The summed E-state index contributed by atoms with van der Waals surface area (Å²) >= 11 is 0. The van der Waals surface area contributed by atoms with Gasteiger partial charge in [-0.25, -0.2) is 0 Å². The molecule has 0 saturated carbocycles. The Hall–Kier alpha value is -0.330. The third-order valence-electron chi connectivity index (χ3n) is 1.54. The smallest absolute Gasteiger partial charge is 0.383 e. The van der Waals surface area contributed by atoms with Crippen molar-refractivity contribution in [1.82, 2.24) is 4.90 Å². The maximum Gasteiger partial charge on any atom is 0.415 e. The monoisotopic (exact) mass is 201 g/mol. The fourth-order valence-corrected chi connectivity index (χ4v) is 0.737. The van der Waals surface area contributed by atoms with E-state index in [0.29, 0.717) is 13.2 Å². The topological polar surface area (TPSA) is 32.7 Å². The fourth-order valence-electron chi connectivity index (χ4n) is 0.737. The van der Waals surface area contributed by atoms with E-state index in [4.69, 9.17) is 5.11 Å². The van der Waals surface area contributed by atoms with Crippen LogP contribution in [0.4, 0.5) is 13.2 Å². The summed E-state index contributed by atoms with van der Waals surface area (Å²) in [5.74, 6) is 0. The molecule has 0 fully saturated rings. The Labute approximate surface area is 75.1 Å². The van der Waals surface area contributed by atoms with Gasteiger partial charge in [-0.15, -0.1) is 0 Å². The minimum atomic E-state index is -4.54. The molecule has 0 aromatic carbocycles. The van der Waals surface area contributed by atoms with Crippen LogP contribution in [-0.2, 0) is 4.74 Å². The first kappa shape index (κ1) is 12.7. The SMILES string of the molecule is COCCN(C)CC(O)C(F)(F)F. The summed E-state index contributed by atoms with van der Waals surface area (Å²) in [7, 11) is 2.96. The van der Waals surface area contributed by atoms with Crippen molar-refractivity contribution >= 4 is 0 Å². The number of methoxy groups -OCH3 is 1. The summed E-state index contributed by atoms with van der Waals surface area (Å²) in [6.45, 7) is 0.289. The van der Waals surface area contributed by atoms with Gasteiger partial charge in [-0.05, 0) is 7.05 Å². The second-order valence-electron chi connectivity index (χ2n) is 2.81. The maximum atomic E-state index is 11.8. The number of aliphatic hydroxyl groups is 1. The number of rotatable bonds is 5. The minimum absolute atomic E-state index is 0.348. The number of likely N-dealkylation sites (N-methyl/N-ethyl adjacent to an activating group) is 1. The number of aliphatic hydroxyl groups excluding tert-OH is 1. The van der Waals surface area contributed by atoms with Crippen LogP contribution in [-0.4, -0.2) is 56.1 Å². The Morgan fingerprint density at radius 2 is 2.00 bits per heavy atom. The highest BCUT2D eigenvalue weighted by Crippen LogP contribution is 2.20. The van der Waals surface area contributed by atoms with Crippen LogP contribution in [0.3, 0.4) is 0 Å². The number of ether oxygens (including phenoxy) is 1. The Kier molecular flexibility index (Phi) is 5.27. The molecular formula is C7H14F3NO2. The average Bonchev–Trinajstić information content (AvgIpc) is 1.99. The van der Waals surface area contributed by atoms with Crippen LogP contribution in [0.5, 0.6) is 0 Å². The van der Waals surface area contributed by atoms with Gasteiger partial charge in [0, 0.05) is 20.2 Å². The zero-order valence-corrected chi connectivity index (χ0v) is 7.64. The average molecular weight is 201 g/mol. The highest BCUT2D eigenvalue weighted by Gasteiger charge is 2.38. The normalized spacial score (nSPS) is 15.0. The molecule has 0 spiro atoms. The number of alkyl halides is 3. The first-order chi connectivity index (χ1) is 5.88. The zero-order chi connectivity index (χ0) is 10.5. The molecule has 3 nitrogen and oxygen atoms in total. The van der Waals surface area contributed by atoms with Gasteiger partial charge in [-0.1, -0.05) is 0 Å². The van der Waals surface area contributed by atoms with E-state index in [1.54, 1.807) is 0 Å². The zero-order valence-electron chi connectivity index (χ0n) is 7.64. The van der Waals surface area contributed by atoms with Crippen LogP contribution in [0, 0.1) is 0 Å². The van der Waals surface area contributed by atoms with Crippen LogP contribution in [0.15, 0.2) is 0 Å². The molecule has 1 N–H and O–H groups in total. The second-order valence-corrected chi connectivity index (χ2v) is 2.81. The molecule has 0 rings (SSSR count). The molecule has 0 amide bonds. The molecule has 0 aliphatic heterocycles. The molecule has 0 aromatic rings. The highest BCUT2D eigenvalue weighted by atomic mass is 19.4. The van der Waals surface area contributed by atoms with E-state index in [-0.39, 0.29) is 0 Å². The van der Waals surface area contributed by atoms with Gasteiger partial charge < -0.3 is 14.7 Å². The Bertz CT molecular complexity index is 140. The van der Waals surface area contributed by atoms with E-state index in [0.717, 1.165) is 0 Å². The minimum Gasteiger partial charge on any atom is -0.383 e. The van der Waals surface area contributed by atoms with Gasteiger partial charge in [0.1, 0.15) is 0 Å². The van der Waals surface area contributed by atoms with Crippen molar-refractivity contribution in [3.63, 3.8) is 0 Å². The standard InChI is InChI=1S/C7H14F3NO2/c1-11(3-4-13-2)5-6(12)7(8,9)10/h6,12H,3-5H2,1-2H3. The van der Waals surface area contributed by atoms with Crippen molar-refractivity contribution in [3.8, 4) is 0 Å². The molecule has 1 unspecified atom stereocenters. The van der Waals surface area contributed by atoms with E-state index >= 15 is 0 Å². The Morgan fingerprint density at radius 1 is 1.46 bits per heavy atom. The summed E-state index contributed by atoms with van der Waals surface area (Å²) in [5.41, 5.74) is 0.